The van der Waals surface area contributed by atoms with Crippen LogP contribution >= 0.6 is 0 Å². The monoisotopic (exact) mass is 627 g/mol. The second-order valence-electron chi connectivity index (χ2n) is 11.2. The van der Waals surface area contributed by atoms with E-state index in [0.717, 1.165) is 5.56 Å². The number of nitrogens with one attached hydrogen (secondary N) is 3. The summed E-state index contributed by atoms with van der Waals surface area (Å²) in [5.74, 6) is -1.28. The lowest BCUT2D eigenvalue weighted by Gasteiger charge is -2.27. The minimum atomic E-state index is -3.74. The van der Waals surface area contributed by atoms with Gasteiger partial charge in [-0.2, -0.15) is 5.10 Å². The highest BCUT2D eigenvalue weighted by Crippen LogP contribution is 2.35. The third kappa shape index (κ3) is 6.73. The molecule has 2 heterocycles. The van der Waals surface area contributed by atoms with Crippen LogP contribution in [0, 0.1) is 5.82 Å². The van der Waals surface area contributed by atoms with Crippen molar-refractivity contribution in [2.45, 2.75) is 32.7 Å². The van der Waals surface area contributed by atoms with E-state index >= 15 is 0 Å². The number of halogens is 1. The third-order valence-corrected chi connectivity index (χ3v) is 8.91. The van der Waals surface area contributed by atoms with Gasteiger partial charge in [-0.05, 0) is 73.9 Å². The van der Waals surface area contributed by atoms with Crippen LogP contribution in [-0.2, 0) is 15.6 Å². The zero-order valence-corrected chi connectivity index (χ0v) is 26.2. The molecular weight excluding hydrogens is 593 g/mol. The van der Waals surface area contributed by atoms with Crippen LogP contribution in [0.5, 0.6) is 0 Å². The van der Waals surface area contributed by atoms with E-state index in [4.69, 9.17) is 0 Å². The first-order chi connectivity index (χ1) is 21.4. The molecule has 45 heavy (non-hydrogen) atoms. The fourth-order valence-electron chi connectivity index (χ4n) is 5.17. The van der Waals surface area contributed by atoms with Crippen molar-refractivity contribution in [1.82, 2.24) is 20.2 Å². The normalized spacial score (nSPS) is 11.8. The first-order valence-corrected chi connectivity index (χ1v) is 16.1. The van der Waals surface area contributed by atoms with Crippen LogP contribution < -0.4 is 15.4 Å². The molecule has 11 heteroatoms. The van der Waals surface area contributed by atoms with Gasteiger partial charge >= 0.3 is 0 Å². The number of rotatable bonds is 10. The minimum Gasteiger partial charge on any atom is -0.355 e. The Morgan fingerprint density at radius 3 is 2.29 bits per heavy atom. The highest BCUT2D eigenvalue weighted by atomic mass is 32.2. The molecule has 0 unspecified atom stereocenters. The molecule has 5 rings (SSSR count). The molecule has 5 aromatic rings. The summed E-state index contributed by atoms with van der Waals surface area (Å²) in [4.78, 5) is 26.7. The predicted molar refractivity (Wildman–Crippen MR) is 174 cm³/mol. The van der Waals surface area contributed by atoms with Crippen molar-refractivity contribution >= 4 is 33.0 Å². The number of fused-ring (bicyclic) bond motifs is 1. The Balaban J connectivity index is 1.66. The summed E-state index contributed by atoms with van der Waals surface area (Å²) in [6.45, 7) is 5.59. The Morgan fingerprint density at radius 2 is 1.62 bits per heavy atom. The van der Waals surface area contributed by atoms with E-state index in [9.17, 15) is 22.4 Å². The molecule has 3 N–H and O–H groups in total. The Bertz CT molecular complexity index is 1990. The average molecular weight is 628 g/mol. The van der Waals surface area contributed by atoms with Gasteiger partial charge in [-0.25, -0.2) is 17.3 Å². The molecule has 0 bridgehead atoms. The standard InChI is InChI=1S/C34H34FN5O4S/c1-5-18-45(43,44)39-28-21-40-29(30(33(42)36-4)31(38-40)22-14-16-26(35)17-15-22)20-27(28)23-10-9-11-24(19-23)32(41)37-34(2,3)25-12-7-6-8-13-25/h6-17,19-21,39H,5,18H2,1-4H3,(H,36,42)(H,37,41). The van der Waals surface area contributed by atoms with Gasteiger partial charge in [0.05, 0.1) is 34.3 Å². The van der Waals surface area contributed by atoms with Crippen molar-refractivity contribution in [2.75, 3.05) is 17.5 Å². The average Bonchev–Trinajstić information content (AvgIpc) is 3.39. The molecule has 2 aromatic heterocycles. The van der Waals surface area contributed by atoms with Gasteiger partial charge in [0.1, 0.15) is 11.5 Å². The maximum Gasteiger partial charge on any atom is 0.255 e. The number of carbonyl (C=O) groups is 2. The van der Waals surface area contributed by atoms with E-state index < -0.39 is 27.3 Å². The molecule has 0 saturated carbocycles. The van der Waals surface area contributed by atoms with Crippen LogP contribution in [0.3, 0.4) is 0 Å². The van der Waals surface area contributed by atoms with Crippen LogP contribution in [0.4, 0.5) is 10.1 Å². The fourth-order valence-corrected chi connectivity index (χ4v) is 6.30. The van der Waals surface area contributed by atoms with Gasteiger partial charge in [-0.1, -0.05) is 49.4 Å². The number of hydrogen-bond donors (Lipinski definition) is 3. The summed E-state index contributed by atoms with van der Waals surface area (Å²) in [6.07, 6.45) is 1.90. The van der Waals surface area contributed by atoms with Gasteiger partial charge in [0, 0.05) is 23.7 Å². The van der Waals surface area contributed by atoms with Crippen molar-refractivity contribution in [3.8, 4) is 22.4 Å². The summed E-state index contributed by atoms with van der Waals surface area (Å²) in [5, 5.41) is 10.3. The first-order valence-electron chi connectivity index (χ1n) is 14.5. The summed E-state index contributed by atoms with van der Waals surface area (Å²) >= 11 is 0. The summed E-state index contributed by atoms with van der Waals surface area (Å²) in [6, 6.07) is 23.7. The van der Waals surface area contributed by atoms with Crippen molar-refractivity contribution < 1.29 is 22.4 Å². The summed E-state index contributed by atoms with van der Waals surface area (Å²) in [7, 11) is -2.24. The van der Waals surface area contributed by atoms with Crippen molar-refractivity contribution in [3.05, 3.63) is 114 Å². The number of carbonyl (C=O) groups excluding carboxylic acids is 2. The smallest absolute Gasteiger partial charge is 0.255 e. The highest BCUT2D eigenvalue weighted by molar-refractivity contribution is 7.92. The highest BCUT2D eigenvalue weighted by Gasteiger charge is 2.26. The Hall–Kier alpha value is -5.03. The second-order valence-corrected chi connectivity index (χ2v) is 13.0. The quantitative estimate of drug-likeness (QED) is 0.176. The Labute approximate surface area is 261 Å². The minimum absolute atomic E-state index is 0.106. The summed E-state index contributed by atoms with van der Waals surface area (Å²) < 4.78 is 43.7. The number of hydrogen-bond acceptors (Lipinski definition) is 5. The van der Waals surface area contributed by atoms with E-state index in [1.807, 2.05) is 44.2 Å². The molecule has 9 nitrogen and oxygen atoms in total. The molecule has 3 aromatic carbocycles. The molecule has 0 aliphatic heterocycles. The lowest BCUT2D eigenvalue weighted by atomic mass is 9.93. The molecule has 2 amide bonds. The SMILES string of the molecule is CCCS(=O)(=O)Nc1cn2nc(-c3ccc(F)cc3)c(C(=O)NC)c2cc1-c1cccc(C(=O)NC(C)(C)c2ccccc2)c1. The zero-order valence-electron chi connectivity index (χ0n) is 25.4. The van der Waals surface area contributed by atoms with Gasteiger partial charge in [0.25, 0.3) is 11.8 Å². The first kappa shape index (κ1) is 31.4. The van der Waals surface area contributed by atoms with Gasteiger partial charge in [0.15, 0.2) is 0 Å². The molecule has 232 valence electrons. The Kier molecular flexibility index (Phi) is 8.74. The topological polar surface area (TPSA) is 122 Å². The van der Waals surface area contributed by atoms with Crippen LogP contribution in [0.25, 0.3) is 27.9 Å². The zero-order chi connectivity index (χ0) is 32.4. The Morgan fingerprint density at radius 1 is 0.911 bits per heavy atom. The molecule has 0 aliphatic carbocycles. The number of sulfonamides is 1. The van der Waals surface area contributed by atoms with Gasteiger partial charge in [-0.15, -0.1) is 0 Å². The number of amides is 2. The van der Waals surface area contributed by atoms with E-state index in [0.29, 0.717) is 39.9 Å². The van der Waals surface area contributed by atoms with E-state index in [1.165, 1.54) is 42.0 Å². The van der Waals surface area contributed by atoms with E-state index in [-0.39, 0.29) is 22.9 Å². The summed E-state index contributed by atoms with van der Waals surface area (Å²) in [5.41, 5.74) is 3.27. The van der Waals surface area contributed by atoms with Crippen LogP contribution in [0.15, 0.2) is 91.1 Å². The molecule has 0 spiro atoms. The molecule has 0 radical (unpaired) electrons. The maximum absolute atomic E-state index is 13.7. The van der Waals surface area contributed by atoms with Gasteiger partial charge in [0.2, 0.25) is 10.0 Å². The lowest BCUT2D eigenvalue weighted by Crippen LogP contribution is -2.40. The third-order valence-electron chi connectivity index (χ3n) is 7.44. The van der Waals surface area contributed by atoms with Crippen LogP contribution in [-0.4, -0.2) is 42.6 Å². The lowest BCUT2D eigenvalue weighted by molar-refractivity contribution is 0.0910. The maximum atomic E-state index is 13.7. The van der Waals surface area contributed by atoms with Crippen molar-refractivity contribution in [2.24, 2.45) is 0 Å². The second kappa shape index (κ2) is 12.5. The predicted octanol–water partition coefficient (Wildman–Crippen LogP) is 5.98. The number of aromatic nitrogens is 2. The largest absolute Gasteiger partial charge is 0.355 e. The van der Waals surface area contributed by atoms with E-state index in [1.54, 1.807) is 37.3 Å². The number of benzene rings is 3. The van der Waals surface area contributed by atoms with Crippen molar-refractivity contribution in [1.29, 1.82) is 0 Å². The van der Waals surface area contributed by atoms with Crippen LogP contribution in [0.1, 0.15) is 53.5 Å². The number of nitrogens with zero attached hydrogens (tertiary/aromatic N) is 2. The fraction of sp³-hybridized carbons (Fsp3) is 0.206. The number of pyridine rings is 1. The van der Waals surface area contributed by atoms with Gasteiger partial charge < -0.3 is 10.6 Å². The molecule has 0 atom stereocenters. The van der Waals surface area contributed by atoms with Crippen LogP contribution in [0.2, 0.25) is 0 Å². The molecular formula is C34H34FN5O4S. The van der Waals surface area contributed by atoms with E-state index in [2.05, 4.69) is 20.5 Å². The van der Waals surface area contributed by atoms with Crippen molar-refractivity contribution in [3.63, 3.8) is 0 Å². The molecule has 0 fully saturated rings. The molecule has 0 saturated heterocycles. The molecule has 0 aliphatic rings. The number of anilines is 1. The van der Waals surface area contributed by atoms with Gasteiger partial charge in [-0.3, -0.25) is 14.3 Å².